The van der Waals surface area contributed by atoms with Crippen molar-refractivity contribution in [1.29, 1.82) is 0 Å². The second-order valence-electron chi connectivity index (χ2n) is 6.81. The topological polar surface area (TPSA) is 76.7 Å². The van der Waals surface area contributed by atoms with Crippen LogP contribution >= 0.6 is 11.3 Å². The van der Waals surface area contributed by atoms with Gasteiger partial charge in [0, 0.05) is 21.5 Å². The zero-order chi connectivity index (χ0) is 20.0. The predicted molar refractivity (Wildman–Crippen MR) is 110 cm³/mol. The number of benzene rings is 1. The number of anilines is 2. The van der Waals surface area contributed by atoms with Crippen molar-refractivity contribution in [3.05, 3.63) is 46.2 Å². The van der Waals surface area contributed by atoms with Crippen LogP contribution in [0, 0.1) is 6.92 Å². The van der Waals surface area contributed by atoms with Crippen LogP contribution in [-0.2, 0) is 9.53 Å². The number of thiophene rings is 1. The summed E-state index contributed by atoms with van der Waals surface area (Å²) in [5.41, 5.74) is 0.315. The van der Waals surface area contributed by atoms with E-state index in [4.69, 9.17) is 9.47 Å². The molecular weight excluding hydrogens is 364 g/mol. The van der Waals surface area contributed by atoms with E-state index in [1.807, 2.05) is 19.1 Å². The lowest BCUT2D eigenvalue weighted by atomic mass is 10.2. The summed E-state index contributed by atoms with van der Waals surface area (Å²) >= 11 is 1.61. The normalized spacial score (nSPS) is 11.3. The molecule has 0 bridgehead atoms. The monoisotopic (exact) mass is 388 g/mol. The summed E-state index contributed by atoms with van der Waals surface area (Å²) in [6, 6.07) is 8.93. The van der Waals surface area contributed by atoms with Gasteiger partial charge in [-0.1, -0.05) is 0 Å². The van der Waals surface area contributed by atoms with Crippen LogP contribution in [0.15, 0.2) is 36.4 Å². The maximum Gasteiger partial charge on any atom is 0.412 e. The molecule has 1 aromatic carbocycles. The van der Waals surface area contributed by atoms with Crippen LogP contribution in [0.3, 0.4) is 0 Å². The number of methoxy groups -OCH3 is 1. The van der Waals surface area contributed by atoms with E-state index in [0.29, 0.717) is 17.1 Å². The summed E-state index contributed by atoms with van der Waals surface area (Å²) < 4.78 is 10.5. The van der Waals surface area contributed by atoms with E-state index in [9.17, 15) is 9.59 Å². The first-order valence-corrected chi connectivity index (χ1v) is 9.21. The van der Waals surface area contributed by atoms with Gasteiger partial charge >= 0.3 is 6.09 Å². The van der Waals surface area contributed by atoms with Crippen LogP contribution in [0.2, 0.25) is 0 Å². The number of carbonyl (C=O) groups excluding carboxylic acids is 2. The van der Waals surface area contributed by atoms with Crippen LogP contribution in [0.5, 0.6) is 5.75 Å². The quantitative estimate of drug-likeness (QED) is 0.702. The average Bonchev–Trinajstić information content (AvgIpc) is 2.97. The third kappa shape index (κ3) is 6.79. The molecule has 0 spiro atoms. The van der Waals surface area contributed by atoms with Crippen molar-refractivity contribution in [2.45, 2.75) is 33.3 Å². The van der Waals surface area contributed by atoms with Gasteiger partial charge in [-0.25, -0.2) is 4.79 Å². The third-order valence-corrected chi connectivity index (χ3v) is 4.23. The number of rotatable bonds is 5. The molecule has 6 nitrogen and oxygen atoms in total. The van der Waals surface area contributed by atoms with Gasteiger partial charge in [0.05, 0.1) is 12.8 Å². The molecule has 0 atom stereocenters. The van der Waals surface area contributed by atoms with E-state index in [2.05, 4.69) is 10.6 Å². The number of hydrogen-bond acceptors (Lipinski definition) is 5. The molecule has 0 aliphatic carbocycles. The van der Waals surface area contributed by atoms with Crippen molar-refractivity contribution in [2.24, 2.45) is 0 Å². The van der Waals surface area contributed by atoms with Gasteiger partial charge in [0.2, 0.25) is 5.91 Å². The smallest absolute Gasteiger partial charge is 0.412 e. The molecule has 144 valence electrons. The second kappa shape index (κ2) is 8.73. The molecule has 0 saturated carbocycles. The average molecular weight is 388 g/mol. The zero-order valence-corrected chi connectivity index (χ0v) is 16.9. The fraction of sp³-hybridized carbons (Fsp3) is 0.300. The Morgan fingerprint density at radius 3 is 2.44 bits per heavy atom. The highest BCUT2D eigenvalue weighted by Gasteiger charge is 2.18. The first-order chi connectivity index (χ1) is 12.7. The summed E-state index contributed by atoms with van der Waals surface area (Å²) in [5.74, 6) is 0.192. The van der Waals surface area contributed by atoms with Gasteiger partial charge in [0.15, 0.2) is 0 Å². The van der Waals surface area contributed by atoms with Gasteiger partial charge in [-0.05, 0) is 64.1 Å². The lowest BCUT2D eigenvalue weighted by Crippen LogP contribution is -2.27. The molecule has 2 aromatic rings. The standard InChI is InChI=1S/C20H24N2O4S/c1-13-6-8-15(27-13)9-11-18(23)21-14-7-10-17(25-5)16(12-14)22-19(24)26-20(2,3)4/h6-12H,1-5H3,(H,21,23)(H,22,24)/b11-9+. The Morgan fingerprint density at radius 1 is 1.11 bits per heavy atom. The Morgan fingerprint density at radius 2 is 1.85 bits per heavy atom. The molecule has 0 aliphatic heterocycles. The number of ether oxygens (including phenoxy) is 2. The lowest BCUT2D eigenvalue weighted by Gasteiger charge is -2.20. The van der Waals surface area contributed by atoms with E-state index in [0.717, 1.165) is 4.88 Å². The summed E-state index contributed by atoms with van der Waals surface area (Å²) in [6.07, 6.45) is 2.63. The molecule has 0 fully saturated rings. The van der Waals surface area contributed by atoms with Crippen molar-refractivity contribution in [3.63, 3.8) is 0 Å². The maximum absolute atomic E-state index is 12.1. The molecular formula is C20H24N2O4S. The summed E-state index contributed by atoms with van der Waals surface area (Å²) in [6.45, 7) is 7.35. The molecule has 1 heterocycles. The van der Waals surface area contributed by atoms with Gasteiger partial charge in [0.1, 0.15) is 11.4 Å². The van der Waals surface area contributed by atoms with Crippen molar-refractivity contribution in [3.8, 4) is 5.75 Å². The highest BCUT2D eigenvalue weighted by atomic mass is 32.1. The van der Waals surface area contributed by atoms with Gasteiger partial charge in [-0.2, -0.15) is 0 Å². The van der Waals surface area contributed by atoms with Gasteiger partial charge in [-0.3, -0.25) is 10.1 Å². The zero-order valence-electron chi connectivity index (χ0n) is 16.1. The minimum absolute atomic E-state index is 0.269. The summed E-state index contributed by atoms with van der Waals surface area (Å²) in [7, 11) is 1.50. The molecule has 0 unspecified atom stereocenters. The molecule has 0 radical (unpaired) electrons. The van der Waals surface area contributed by atoms with Crippen LogP contribution in [0.4, 0.5) is 16.2 Å². The first kappa shape index (κ1) is 20.5. The van der Waals surface area contributed by atoms with Crippen molar-refractivity contribution < 1.29 is 19.1 Å². The first-order valence-electron chi connectivity index (χ1n) is 8.40. The molecule has 2 rings (SSSR count). The van der Waals surface area contributed by atoms with E-state index in [1.54, 1.807) is 56.4 Å². The largest absolute Gasteiger partial charge is 0.495 e. The van der Waals surface area contributed by atoms with E-state index < -0.39 is 11.7 Å². The Bertz CT molecular complexity index is 850. The Balaban J connectivity index is 2.07. The second-order valence-corrected chi connectivity index (χ2v) is 8.13. The minimum atomic E-state index is -0.617. The van der Waals surface area contributed by atoms with Crippen molar-refractivity contribution in [1.82, 2.24) is 0 Å². The highest BCUT2D eigenvalue weighted by Crippen LogP contribution is 2.28. The Labute approximate surface area is 163 Å². The van der Waals surface area contributed by atoms with Crippen LogP contribution in [-0.4, -0.2) is 24.7 Å². The lowest BCUT2D eigenvalue weighted by molar-refractivity contribution is -0.111. The molecule has 0 saturated heterocycles. The van der Waals surface area contributed by atoms with E-state index in [1.165, 1.54) is 18.1 Å². The van der Waals surface area contributed by atoms with E-state index in [-0.39, 0.29) is 5.91 Å². The molecule has 27 heavy (non-hydrogen) atoms. The number of hydrogen-bond donors (Lipinski definition) is 2. The van der Waals surface area contributed by atoms with E-state index >= 15 is 0 Å². The molecule has 7 heteroatoms. The molecule has 0 aliphatic rings. The van der Waals surface area contributed by atoms with Gasteiger partial charge in [0.25, 0.3) is 0 Å². The fourth-order valence-electron chi connectivity index (χ4n) is 2.18. The predicted octanol–water partition coefficient (Wildman–Crippen LogP) is 5.06. The van der Waals surface area contributed by atoms with Crippen molar-refractivity contribution in [2.75, 3.05) is 17.7 Å². The van der Waals surface area contributed by atoms with Gasteiger partial charge in [-0.15, -0.1) is 11.3 Å². The molecule has 2 N–H and O–H groups in total. The number of amides is 2. The molecule has 1 aromatic heterocycles. The van der Waals surface area contributed by atoms with Crippen molar-refractivity contribution >= 4 is 40.8 Å². The summed E-state index contributed by atoms with van der Waals surface area (Å²) in [5, 5.41) is 5.40. The minimum Gasteiger partial charge on any atom is -0.495 e. The van der Waals surface area contributed by atoms with Crippen LogP contribution in [0.1, 0.15) is 30.5 Å². The van der Waals surface area contributed by atoms with Crippen LogP contribution < -0.4 is 15.4 Å². The fourth-order valence-corrected chi connectivity index (χ4v) is 2.96. The SMILES string of the molecule is COc1ccc(NC(=O)/C=C/c2ccc(C)s2)cc1NC(=O)OC(C)(C)C. The Hall–Kier alpha value is -2.80. The summed E-state index contributed by atoms with van der Waals surface area (Å²) in [4.78, 5) is 26.3. The number of nitrogens with one attached hydrogen (secondary N) is 2. The van der Waals surface area contributed by atoms with Gasteiger partial charge < -0.3 is 14.8 Å². The third-order valence-electron chi connectivity index (χ3n) is 3.26. The number of carbonyl (C=O) groups is 2. The maximum atomic E-state index is 12.1. The number of aryl methyl sites for hydroxylation is 1. The highest BCUT2D eigenvalue weighted by molar-refractivity contribution is 7.12. The molecule has 2 amide bonds. The Kier molecular flexibility index (Phi) is 6.63. The van der Waals surface area contributed by atoms with Crippen LogP contribution in [0.25, 0.3) is 6.08 Å².